The molecule has 0 aliphatic heterocycles. The average Bonchev–Trinajstić information content (AvgIpc) is 2.95. The molecule has 0 aromatic heterocycles. The number of carbonyl (C=O) groups excluding carboxylic acids is 1. The first-order chi connectivity index (χ1) is 6.26. The van der Waals surface area contributed by atoms with E-state index in [0.717, 1.165) is 12.3 Å². The van der Waals surface area contributed by atoms with Crippen LogP contribution >= 0.6 is 0 Å². The van der Waals surface area contributed by atoms with Crippen LogP contribution in [0.3, 0.4) is 0 Å². The highest BCUT2D eigenvalue weighted by Crippen LogP contribution is 2.33. The van der Waals surface area contributed by atoms with Gasteiger partial charge in [-0.1, -0.05) is 19.8 Å². The predicted molar refractivity (Wildman–Crippen MR) is 53.5 cm³/mol. The van der Waals surface area contributed by atoms with Crippen LogP contribution in [-0.2, 0) is 4.79 Å². The van der Waals surface area contributed by atoms with E-state index in [9.17, 15) is 4.79 Å². The van der Waals surface area contributed by atoms with Gasteiger partial charge in [-0.3, -0.25) is 4.79 Å². The Bertz CT molecular complexity index is 166. The zero-order valence-electron chi connectivity index (χ0n) is 8.60. The van der Waals surface area contributed by atoms with Crippen LogP contribution in [0.25, 0.3) is 0 Å². The van der Waals surface area contributed by atoms with Gasteiger partial charge in [0.05, 0.1) is 6.54 Å². The maximum Gasteiger partial charge on any atom is 0.233 e. The van der Waals surface area contributed by atoms with E-state index >= 15 is 0 Å². The maximum atomic E-state index is 11.0. The Labute approximate surface area is 80.3 Å². The molecule has 1 saturated carbocycles. The van der Waals surface area contributed by atoms with Gasteiger partial charge in [0.2, 0.25) is 5.91 Å². The van der Waals surface area contributed by atoms with Crippen molar-refractivity contribution in [2.24, 2.45) is 5.92 Å². The molecule has 0 radical (unpaired) electrons. The van der Waals surface area contributed by atoms with Crippen molar-refractivity contribution in [2.75, 3.05) is 13.6 Å². The molecule has 1 rings (SSSR count). The van der Waals surface area contributed by atoms with E-state index in [-0.39, 0.29) is 5.91 Å². The molecule has 1 atom stereocenters. The maximum absolute atomic E-state index is 11.0. The summed E-state index contributed by atoms with van der Waals surface area (Å²) in [6, 6.07) is 0.532. The minimum atomic E-state index is 0.0780. The third-order valence-electron chi connectivity index (χ3n) is 2.64. The van der Waals surface area contributed by atoms with E-state index in [1.807, 2.05) is 0 Å². The molecule has 1 aliphatic carbocycles. The van der Waals surface area contributed by atoms with Gasteiger partial charge < -0.3 is 10.6 Å². The molecule has 0 aromatic carbocycles. The van der Waals surface area contributed by atoms with Gasteiger partial charge in [-0.05, 0) is 18.8 Å². The smallest absolute Gasteiger partial charge is 0.233 e. The fourth-order valence-corrected chi connectivity index (χ4v) is 1.48. The minimum absolute atomic E-state index is 0.0780. The lowest BCUT2D eigenvalue weighted by atomic mass is 10.1. The van der Waals surface area contributed by atoms with Crippen LogP contribution in [0.1, 0.15) is 32.6 Å². The van der Waals surface area contributed by atoms with Crippen LogP contribution in [0.4, 0.5) is 0 Å². The van der Waals surface area contributed by atoms with Gasteiger partial charge in [0.1, 0.15) is 0 Å². The van der Waals surface area contributed by atoms with Crippen molar-refractivity contribution in [2.45, 2.75) is 38.6 Å². The van der Waals surface area contributed by atoms with Crippen LogP contribution in [-0.4, -0.2) is 25.5 Å². The Hall–Kier alpha value is -0.570. The molecular weight excluding hydrogens is 164 g/mol. The third kappa shape index (κ3) is 4.27. The van der Waals surface area contributed by atoms with Gasteiger partial charge in [-0.2, -0.15) is 0 Å². The van der Waals surface area contributed by atoms with Crippen molar-refractivity contribution < 1.29 is 4.79 Å². The average molecular weight is 184 g/mol. The number of rotatable bonds is 6. The van der Waals surface area contributed by atoms with Crippen molar-refractivity contribution >= 4 is 5.91 Å². The number of likely N-dealkylation sites (N-methyl/N-ethyl adjacent to an activating group) is 1. The lowest BCUT2D eigenvalue weighted by Crippen LogP contribution is -2.37. The van der Waals surface area contributed by atoms with Crippen molar-refractivity contribution in [3.63, 3.8) is 0 Å². The molecule has 1 unspecified atom stereocenters. The summed E-state index contributed by atoms with van der Waals surface area (Å²) >= 11 is 0. The molecule has 0 bridgehead atoms. The van der Waals surface area contributed by atoms with E-state index in [0.29, 0.717) is 12.6 Å². The second-order valence-corrected chi connectivity index (χ2v) is 3.84. The zero-order valence-corrected chi connectivity index (χ0v) is 8.60. The summed E-state index contributed by atoms with van der Waals surface area (Å²) in [5.74, 6) is 1.01. The first-order valence-electron chi connectivity index (χ1n) is 5.20. The van der Waals surface area contributed by atoms with Crippen LogP contribution in [0, 0.1) is 5.92 Å². The molecule has 0 saturated heterocycles. The molecule has 76 valence electrons. The second kappa shape index (κ2) is 5.22. The highest BCUT2D eigenvalue weighted by Gasteiger charge is 2.24. The van der Waals surface area contributed by atoms with Crippen molar-refractivity contribution in [3.8, 4) is 0 Å². The number of hydrogen-bond acceptors (Lipinski definition) is 2. The van der Waals surface area contributed by atoms with Crippen molar-refractivity contribution in [3.05, 3.63) is 0 Å². The Kier molecular flexibility index (Phi) is 4.22. The topological polar surface area (TPSA) is 41.1 Å². The standard InChI is InChI=1S/C10H20N2O/c1-3-9(6-8-4-5-8)12-7-10(13)11-2/h8-9,12H,3-7H2,1-2H3,(H,11,13). The zero-order chi connectivity index (χ0) is 9.68. The van der Waals surface area contributed by atoms with Crippen LogP contribution in [0.2, 0.25) is 0 Å². The summed E-state index contributed by atoms with van der Waals surface area (Å²) in [6.07, 6.45) is 5.14. The number of nitrogens with one attached hydrogen (secondary N) is 2. The van der Waals surface area contributed by atoms with Crippen LogP contribution in [0.5, 0.6) is 0 Å². The minimum Gasteiger partial charge on any atom is -0.358 e. The summed E-state index contributed by atoms with van der Waals surface area (Å²) < 4.78 is 0. The first-order valence-corrected chi connectivity index (χ1v) is 5.20. The Balaban J connectivity index is 2.10. The van der Waals surface area contributed by atoms with E-state index in [4.69, 9.17) is 0 Å². The summed E-state index contributed by atoms with van der Waals surface area (Å²) in [4.78, 5) is 11.0. The largest absolute Gasteiger partial charge is 0.358 e. The highest BCUT2D eigenvalue weighted by atomic mass is 16.1. The van der Waals surface area contributed by atoms with E-state index in [1.54, 1.807) is 7.05 Å². The third-order valence-corrected chi connectivity index (χ3v) is 2.64. The summed E-state index contributed by atoms with van der Waals surface area (Å²) in [5, 5.41) is 5.89. The summed E-state index contributed by atoms with van der Waals surface area (Å²) in [5.41, 5.74) is 0. The van der Waals surface area contributed by atoms with E-state index in [1.165, 1.54) is 19.3 Å². The SMILES string of the molecule is CCC(CC1CC1)NCC(=O)NC. The van der Waals surface area contributed by atoms with Gasteiger partial charge in [-0.25, -0.2) is 0 Å². The molecule has 1 aliphatic rings. The summed E-state index contributed by atoms with van der Waals surface area (Å²) in [6.45, 7) is 2.63. The van der Waals surface area contributed by atoms with Crippen molar-refractivity contribution in [1.29, 1.82) is 0 Å². The van der Waals surface area contributed by atoms with E-state index < -0.39 is 0 Å². The van der Waals surface area contributed by atoms with Crippen LogP contribution in [0.15, 0.2) is 0 Å². The molecule has 0 aromatic rings. The van der Waals surface area contributed by atoms with Gasteiger partial charge in [-0.15, -0.1) is 0 Å². The molecule has 3 heteroatoms. The monoisotopic (exact) mass is 184 g/mol. The number of amides is 1. The van der Waals surface area contributed by atoms with Gasteiger partial charge >= 0.3 is 0 Å². The molecule has 2 N–H and O–H groups in total. The van der Waals surface area contributed by atoms with Gasteiger partial charge in [0, 0.05) is 13.1 Å². The molecular formula is C10H20N2O. The fourth-order valence-electron chi connectivity index (χ4n) is 1.48. The summed E-state index contributed by atoms with van der Waals surface area (Å²) in [7, 11) is 1.67. The lowest BCUT2D eigenvalue weighted by Gasteiger charge is -2.15. The molecule has 3 nitrogen and oxygen atoms in total. The Morgan fingerprint density at radius 1 is 1.54 bits per heavy atom. The highest BCUT2D eigenvalue weighted by molar-refractivity contribution is 5.77. The number of hydrogen-bond donors (Lipinski definition) is 2. The second-order valence-electron chi connectivity index (χ2n) is 3.84. The normalized spacial score (nSPS) is 18.3. The van der Waals surface area contributed by atoms with E-state index in [2.05, 4.69) is 17.6 Å². The Morgan fingerprint density at radius 2 is 2.23 bits per heavy atom. The molecule has 13 heavy (non-hydrogen) atoms. The lowest BCUT2D eigenvalue weighted by molar-refractivity contribution is -0.119. The number of carbonyl (C=O) groups is 1. The first kappa shape index (κ1) is 10.5. The fraction of sp³-hybridized carbons (Fsp3) is 0.900. The molecule has 1 amide bonds. The quantitative estimate of drug-likeness (QED) is 0.644. The molecule has 0 heterocycles. The Morgan fingerprint density at radius 3 is 2.69 bits per heavy atom. The van der Waals surface area contributed by atoms with Gasteiger partial charge in [0.15, 0.2) is 0 Å². The molecule has 1 fully saturated rings. The van der Waals surface area contributed by atoms with Crippen LogP contribution < -0.4 is 10.6 Å². The van der Waals surface area contributed by atoms with Crippen molar-refractivity contribution in [1.82, 2.24) is 10.6 Å². The molecule has 0 spiro atoms. The van der Waals surface area contributed by atoms with Gasteiger partial charge in [0.25, 0.3) is 0 Å². The predicted octanol–water partition coefficient (Wildman–Crippen LogP) is 0.901.